The Morgan fingerprint density at radius 3 is 2.73 bits per heavy atom. The number of nitrogens with one attached hydrogen (secondary N) is 2. The minimum absolute atomic E-state index is 0.551. The highest BCUT2D eigenvalue weighted by Gasteiger charge is 2.09. The molecular weight excluding hydrogens is 326 g/mol. The smallest absolute Gasteiger partial charge is 0.229 e. The van der Waals surface area contributed by atoms with E-state index in [0.29, 0.717) is 5.95 Å². The van der Waals surface area contributed by atoms with Gasteiger partial charge in [0.15, 0.2) is 0 Å². The van der Waals surface area contributed by atoms with Gasteiger partial charge in [0.25, 0.3) is 0 Å². The number of hydrogen-bond donors (Lipinski definition) is 2. The lowest BCUT2D eigenvalue weighted by molar-refractivity contribution is 0.383. The van der Waals surface area contributed by atoms with Crippen LogP contribution in [0.4, 0.5) is 17.5 Å². The molecule has 3 rings (SSSR count). The van der Waals surface area contributed by atoms with Crippen molar-refractivity contribution in [2.75, 3.05) is 44.4 Å². The quantitative estimate of drug-likeness (QED) is 0.808. The predicted octanol–water partition coefficient (Wildman–Crippen LogP) is 3.03. The summed E-state index contributed by atoms with van der Waals surface area (Å²) >= 11 is 0. The second-order valence-electron chi connectivity index (χ2n) is 6.29. The van der Waals surface area contributed by atoms with Crippen LogP contribution in [0.5, 0.6) is 5.75 Å². The molecular formula is C20H25N5O. The van der Waals surface area contributed by atoms with Gasteiger partial charge in [-0.15, -0.1) is 0 Å². The maximum Gasteiger partial charge on any atom is 0.229 e. The van der Waals surface area contributed by atoms with Crippen molar-refractivity contribution >= 4 is 17.5 Å². The van der Waals surface area contributed by atoms with E-state index in [2.05, 4.69) is 37.3 Å². The lowest BCUT2D eigenvalue weighted by Crippen LogP contribution is -2.18. The van der Waals surface area contributed by atoms with Crippen LogP contribution >= 0.6 is 0 Å². The molecule has 1 aromatic heterocycles. The Bertz CT molecular complexity index is 819. The molecule has 0 unspecified atom stereocenters. The molecule has 1 aliphatic heterocycles. The molecule has 6 heteroatoms. The average molecular weight is 351 g/mol. The number of nitrogens with zero attached hydrogens (tertiary/aromatic N) is 3. The van der Waals surface area contributed by atoms with Crippen molar-refractivity contribution in [1.82, 2.24) is 14.9 Å². The fourth-order valence-electron chi connectivity index (χ4n) is 2.95. The van der Waals surface area contributed by atoms with Crippen LogP contribution in [-0.4, -0.2) is 48.7 Å². The maximum absolute atomic E-state index is 5.44. The van der Waals surface area contributed by atoms with Crippen LogP contribution in [0, 0.1) is 18.8 Å². The topological polar surface area (TPSA) is 62.3 Å². The molecule has 2 N–H and O–H groups in total. The standard InChI is InChI=1S/C20H25N5O/c1-15-13-19(21-2)24-20(22-15)23-17-8-9-18(26-3)16(14-17)7-6-12-25-10-4-5-11-25/h8-9,13-14H,4-5,10-12H2,1-3H3,(H2,21,22,23,24). The third-order valence-electron chi connectivity index (χ3n) is 4.29. The van der Waals surface area contributed by atoms with E-state index >= 15 is 0 Å². The van der Waals surface area contributed by atoms with Gasteiger partial charge < -0.3 is 15.4 Å². The van der Waals surface area contributed by atoms with Crippen LogP contribution in [0.2, 0.25) is 0 Å². The van der Waals surface area contributed by atoms with E-state index in [1.54, 1.807) is 7.11 Å². The van der Waals surface area contributed by atoms with Gasteiger partial charge in [-0.1, -0.05) is 11.8 Å². The third kappa shape index (κ3) is 4.64. The van der Waals surface area contributed by atoms with Gasteiger partial charge >= 0.3 is 0 Å². The Morgan fingerprint density at radius 2 is 2.00 bits per heavy atom. The first kappa shape index (κ1) is 18.0. The SMILES string of the molecule is CNc1cc(C)nc(Nc2ccc(OC)c(C#CCN3CCCC3)c2)n1. The average Bonchev–Trinajstić information content (AvgIpc) is 3.15. The molecule has 136 valence electrons. The minimum Gasteiger partial charge on any atom is -0.495 e. The van der Waals surface area contributed by atoms with Gasteiger partial charge in [0.05, 0.1) is 19.2 Å². The molecule has 0 spiro atoms. The predicted molar refractivity (Wildman–Crippen MR) is 105 cm³/mol. The van der Waals surface area contributed by atoms with Crippen molar-refractivity contribution in [3.8, 4) is 17.6 Å². The van der Waals surface area contributed by atoms with Crippen LogP contribution in [0.25, 0.3) is 0 Å². The van der Waals surface area contributed by atoms with Crippen LogP contribution < -0.4 is 15.4 Å². The first-order chi connectivity index (χ1) is 12.7. The minimum atomic E-state index is 0.551. The fourth-order valence-corrected chi connectivity index (χ4v) is 2.95. The molecule has 0 amide bonds. The molecule has 0 aliphatic carbocycles. The van der Waals surface area contributed by atoms with Crippen molar-refractivity contribution in [3.63, 3.8) is 0 Å². The Kier molecular flexibility index (Phi) is 5.92. The zero-order valence-corrected chi connectivity index (χ0v) is 15.6. The number of rotatable bonds is 5. The van der Waals surface area contributed by atoms with Gasteiger partial charge in [-0.25, -0.2) is 4.98 Å². The van der Waals surface area contributed by atoms with Crippen molar-refractivity contribution in [2.24, 2.45) is 0 Å². The Hall–Kier alpha value is -2.78. The van der Waals surface area contributed by atoms with Gasteiger partial charge in [-0.2, -0.15) is 4.98 Å². The molecule has 6 nitrogen and oxygen atoms in total. The molecule has 0 atom stereocenters. The first-order valence-corrected chi connectivity index (χ1v) is 8.87. The van der Waals surface area contributed by atoms with Crippen LogP contribution in [0.1, 0.15) is 24.1 Å². The normalized spacial score (nSPS) is 13.8. The molecule has 2 aromatic rings. The largest absolute Gasteiger partial charge is 0.495 e. The van der Waals surface area contributed by atoms with Crippen molar-refractivity contribution < 1.29 is 4.74 Å². The highest BCUT2D eigenvalue weighted by atomic mass is 16.5. The number of anilines is 3. The summed E-state index contributed by atoms with van der Waals surface area (Å²) in [6.45, 7) is 5.03. The molecule has 26 heavy (non-hydrogen) atoms. The summed E-state index contributed by atoms with van der Waals surface area (Å²) in [5.74, 6) is 8.60. The van der Waals surface area contributed by atoms with Crippen molar-refractivity contribution in [2.45, 2.75) is 19.8 Å². The van der Waals surface area contributed by atoms with Gasteiger partial charge in [-0.3, -0.25) is 4.90 Å². The lowest BCUT2D eigenvalue weighted by atomic mass is 10.1. The summed E-state index contributed by atoms with van der Waals surface area (Å²) in [7, 11) is 3.50. The van der Waals surface area contributed by atoms with E-state index in [9.17, 15) is 0 Å². The number of benzene rings is 1. The maximum atomic E-state index is 5.44. The molecule has 1 saturated heterocycles. The van der Waals surface area contributed by atoms with Crippen molar-refractivity contribution in [3.05, 3.63) is 35.5 Å². The third-order valence-corrected chi connectivity index (χ3v) is 4.29. The van der Waals surface area contributed by atoms with Crippen molar-refractivity contribution in [1.29, 1.82) is 0 Å². The molecule has 0 saturated carbocycles. The number of methoxy groups -OCH3 is 1. The second-order valence-corrected chi connectivity index (χ2v) is 6.29. The summed E-state index contributed by atoms with van der Waals surface area (Å²) < 4.78 is 5.44. The number of ether oxygens (including phenoxy) is 1. The van der Waals surface area contributed by atoms with E-state index in [-0.39, 0.29) is 0 Å². The summed E-state index contributed by atoms with van der Waals surface area (Å²) in [5.41, 5.74) is 2.63. The zero-order chi connectivity index (χ0) is 18.4. The van der Waals surface area contributed by atoms with E-state index in [1.807, 2.05) is 38.2 Å². The molecule has 2 heterocycles. The van der Waals surface area contributed by atoms with Gasteiger partial charge in [-0.05, 0) is 51.1 Å². The summed E-state index contributed by atoms with van der Waals surface area (Å²) in [4.78, 5) is 11.2. The molecule has 0 bridgehead atoms. The van der Waals surface area contributed by atoms with Gasteiger partial charge in [0.2, 0.25) is 5.95 Å². The monoisotopic (exact) mass is 351 g/mol. The molecule has 1 fully saturated rings. The number of hydrogen-bond acceptors (Lipinski definition) is 6. The Labute approximate surface area is 155 Å². The summed E-state index contributed by atoms with van der Waals surface area (Å²) in [6.07, 6.45) is 2.55. The van der Waals surface area contributed by atoms with E-state index in [1.165, 1.54) is 12.8 Å². The molecule has 0 radical (unpaired) electrons. The van der Waals surface area contributed by atoms with Gasteiger partial charge in [0, 0.05) is 24.5 Å². The van der Waals surface area contributed by atoms with E-state index in [4.69, 9.17) is 4.74 Å². The number of aryl methyl sites for hydroxylation is 1. The van der Waals surface area contributed by atoms with Crippen LogP contribution in [0.3, 0.4) is 0 Å². The van der Waals surface area contributed by atoms with E-state index in [0.717, 1.165) is 48.1 Å². The second kappa shape index (κ2) is 8.54. The molecule has 1 aromatic carbocycles. The zero-order valence-electron chi connectivity index (χ0n) is 15.6. The fraction of sp³-hybridized carbons (Fsp3) is 0.400. The first-order valence-electron chi connectivity index (χ1n) is 8.87. The highest BCUT2D eigenvalue weighted by molar-refractivity contribution is 5.62. The summed E-state index contributed by atoms with van der Waals surface area (Å²) in [6, 6.07) is 7.72. The Balaban J connectivity index is 1.78. The molecule has 1 aliphatic rings. The van der Waals surface area contributed by atoms with Gasteiger partial charge in [0.1, 0.15) is 11.6 Å². The lowest BCUT2D eigenvalue weighted by Gasteiger charge is -2.10. The van der Waals surface area contributed by atoms with Crippen LogP contribution in [-0.2, 0) is 0 Å². The Morgan fingerprint density at radius 1 is 1.19 bits per heavy atom. The highest BCUT2D eigenvalue weighted by Crippen LogP contribution is 2.24. The number of likely N-dealkylation sites (tertiary alicyclic amines) is 1. The van der Waals surface area contributed by atoms with E-state index < -0.39 is 0 Å². The summed E-state index contributed by atoms with van der Waals surface area (Å²) in [5, 5.41) is 6.29. The van der Waals surface area contributed by atoms with Crippen LogP contribution in [0.15, 0.2) is 24.3 Å². The number of aromatic nitrogens is 2.